The van der Waals surface area contributed by atoms with Gasteiger partial charge >= 0.3 is 0 Å². The highest BCUT2D eigenvalue weighted by Crippen LogP contribution is 2.33. The summed E-state index contributed by atoms with van der Waals surface area (Å²) < 4.78 is 0. The molecule has 1 aliphatic heterocycles. The third-order valence-corrected chi connectivity index (χ3v) is 3.34. The first kappa shape index (κ1) is 7.80. The number of carbonyl (C=O) groups is 1. The zero-order chi connectivity index (χ0) is 8.55. The summed E-state index contributed by atoms with van der Waals surface area (Å²) in [6.45, 7) is 0. The zero-order valence-corrected chi connectivity index (χ0v) is 7.80. The third kappa shape index (κ3) is 1.14. The fourth-order valence-corrected chi connectivity index (χ4v) is 2.52. The molecule has 0 saturated carbocycles. The lowest BCUT2D eigenvalue weighted by Gasteiger charge is -2.17. The van der Waals surface area contributed by atoms with Crippen LogP contribution in [-0.2, 0) is 4.79 Å². The van der Waals surface area contributed by atoms with E-state index in [9.17, 15) is 4.79 Å². The van der Waals surface area contributed by atoms with E-state index in [4.69, 9.17) is 0 Å². The van der Waals surface area contributed by atoms with Gasteiger partial charge in [0.05, 0.1) is 6.04 Å². The second kappa shape index (κ2) is 2.90. The molecule has 2 nitrogen and oxygen atoms in total. The van der Waals surface area contributed by atoms with E-state index >= 15 is 0 Å². The summed E-state index contributed by atoms with van der Waals surface area (Å²) in [5, 5.41) is 2.06. The van der Waals surface area contributed by atoms with Crippen molar-refractivity contribution < 1.29 is 4.79 Å². The molecule has 1 saturated heterocycles. The molecule has 1 unspecified atom stereocenters. The Morgan fingerprint density at radius 1 is 1.67 bits per heavy atom. The number of rotatable bonds is 1. The van der Waals surface area contributed by atoms with E-state index in [0.717, 1.165) is 6.42 Å². The van der Waals surface area contributed by atoms with Crippen LogP contribution in [0.4, 0.5) is 0 Å². The summed E-state index contributed by atoms with van der Waals surface area (Å²) in [5.41, 5.74) is 0. The number of likely N-dealkylation sites (tertiary alicyclic amines) is 1. The normalized spacial score (nSPS) is 23.6. The average molecular weight is 181 g/mol. The SMILES string of the molecule is CN1C(=O)CCC1c1cccs1. The monoisotopic (exact) mass is 181 g/mol. The quantitative estimate of drug-likeness (QED) is 0.649. The van der Waals surface area contributed by atoms with Crippen LogP contribution in [0.2, 0.25) is 0 Å². The maximum atomic E-state index is 11.2. The van der Waals surface area contributed by atoms with Crippen LogP contribution < -0.4 is 0 Å². The topological polar surface area (TPSA) is 20.3 Å². The van der Waals surface area contributed by atoms with Crippen LogP contribution in [0.25, 0.3) is 0 Å². The van der Waals surface area contributed by atoms with E-state index in [1.54, 1.807) is 11.3 Å². The standard InChI is InChI=1S/C9H11NOS/c1-10-7(4-5-9(10)11)8-3-2-6-12-8/h2-3,6-7H,4-5H2,1H3. The van der Waals surface area contributed by atoms with Crippen molar-refractivity contribution in [2.75, 3.05) is 7.05 Å². The largest absolute Gasteiger partial charge is 0.338 e. The number of amides is 1. The van der Waals surface area contributed by atoms with Crippen molar-refractivity contribution in [3.63, 3.8) is 0 Å². The van der Waals surface area contributed by atoms with Crippen LogP contribution >= 0.6 is 11.3 Å². The molecular formula is C9H11NOS. The van der Waals surface area contributed by atoms with Crippen molar-refractivity contribution >= 4 is 17.2 Å². The Kier molecular flexibility index (Phi) is 1.89. The number of nitrogens with zero attached hydrogens (tertiary/aromatic N) is 1. The van der Waals surface area contributed by atoms with Crippen molar-refractivity contribution in [2.24, 2.45) is 0 Å². The van der Waals surface area contributed by atoms with Crippen LogP contribution in [0, 0.1) is 0 Å². The summed E-state index contributed by atoms with van der Waals surface area (Å²) in [7, 11) is 1.89. The number of thiophene rings is 1. The van der Waals surface area contributed by atoms with Gasteiger partial charge in [0, 0.05) is 18.3 Å². The number of hydrogen-bond donors (Lipinski definition) is 0. The summed E-state index contributed by atoms with van der Waals surface area (Å²) in [4.78, 5) is 14.4. The Bertz CT molecular complexity index is 281. The lowest BCUT2D eigenvalue weighted by molar-refractivity contribution is -0.127. The van der Waals surface area contributed by atoms with Crippen molar-refractivity contribution in [1.82, 2.24) is 4.90 Å². The molecule has 1 amide bonds. The smallest absolute Gasteiger partial charge is 0.222 e. The minimum Gasteiger partial charge on any atom is -0.338 e. The highest BCUT2D eigenvalue weighted by Gasteiger charge is 2.29. The molecule has 1 aromatic rings. The van der Waals surface area contributed by atoms with Gasteiger partial charge in [-0.05, 0) is 17.9 Å². The molecule has 0 spiro atoms. The van der Waals surface area contributed by atoms with E-state index in [-0.39, 0.29) is 5.91 Å². The van der Waals surface area contributed by atoms with Crippen LogP contribution in [0.5, 0.6) is 0 Å². The summed E-state index contributed by atoms with van der Waals surface area (Å²) >= 11 is 1.73. The Labute approximate surface area is 75.8 Å². The maximum absolute atomic E-state index is 11.2. The Hall–Kier alpha value is -0.830. The van der Waals surface area contributed by atoms with E-state index in [0.29, 0.717) is 12.5 Å². The first-order valence-electron chi connectivity index (χ1n) is 4.08. The van der Waals surface area contributed by atoms with E-state index in [1.807, 2.05) is 18.0 Å². The highest BCUT2D eigenvalue weighted by molar-refractivity contribution is 7.10. The van der Waals surface area contributed by atoms with Crippen molar-refractivity contribution in [2.45, 2.75) is 18.9 Å². The maximum Gasteiger partial charge on any atom is 0.222 e. The lowest BCUT2D eigenvalue weighted by atomic mass is 10.2. The fourth-order valence-electron chi connectivity index (χ4n) is 1.62. The molecule has 0 radical (unpaired) electrons. The van der Waals surface area contributed by atoms with Gasteiger partial charge in [0.1, 0.15) is 0 Å². The molecule has 2 rings (SSSR count). The second-order valence-electron chi connectivity index (χ2n) is 3.07. The second-order valence-corrected chi connectivity index (χ2v) is 4.05. The van der Waals surface area contributed by atoms with Gasteiger partial charge in [-0.15, -0.1) is 11.3 Å². The van der Waals surface area contributed by atoms with Gasteiger partial charge in [0.25, 0.3) is 0 Å². The van der Waals surface area contributed by atoms with Gasteiger partial charge in [-0.25, -0.2) is 0 Å². The first-order valence-corrected chi connectivity index (χ1v) is 4.96. The van der Waals surface area contributed by atoms with Crippen LogP contribution in [-0.4, -0.2) is 17.9 Å². The van der Waals surface area contributed by atoms with E-state index in [1.165, 1.54) is 4.88 Å². The Morgan fingerprint density at radius 2 is 2.50 bits per heavy atom. The minimum absolute atomic E-state index is 0.272. The van der Waals surface area contributed by atoms with Crippen molar-refractivity contribution in [1.29, 1.82) is 0 Å². The molecular weight excluding hydrogens is 170 g/mol. The summed E-state index contributed by atoms with van der Waals surface area (Å²) in [5.74, 6) is 0.272. The molecule has 2 heterocycles. The van der Waals surface area contributed by atoms with E-state index in [2.05, 4.69) is 11.4 Å². The average Bonchev–Trinajstić information content (AvgIpc) is 2.64. The van der Waals surface area contributed by atoms with Crippen molar-refractivity contribution in [3.05, 3.63) is 22.4 Å². The number of hydrogen-bond acceptors (Lipinski definition) is 2. The summed E-state index contributed by atoms with van der Waals surface area (Å²) in [6, 6.07) is 4.48. The first-order chi connectivity index (χ1) is 5.79. The van der Waals surface area contributed by atoms with Gasteiger partial charge in [-0.2, -0.15) is 0 Å². The molecule has 64 valence electrons. The Morgan fingerprint density at radius 3 is 3.00 bits per heavy atom. The lowest BCUT2D eigenvalue weighted by Crippen LogP contribution is -2.21. The zero-order valence-electron chi connectivity index (χ0n) is 6.99. The highest BCUT2D eigenvalue weighted by atomic mass is 32.1. The molecule has 0 aliphatic carbocycles. The Balaban J connectivity index is 2.21. The molecule has 12 heavy (non-hydrogen) atoms. The van der Waals surface area contributed by atoms with Crippen LogP contribution in [0.15, 0.2) is 17.5 Å². The minimum atomic E-state index is 0.272. The fraction of sp³-hybridized carbons (Fsp3) is 0.444. The molecule has 0 aromatic carbocycles. The molecule has 1 fully saturated rings. The van der Waals surface area contributed by atoms with Gasteiger partial charge in [-0.1, -0.05) is 6.07 Å². The van der Waals surface area contributed by atoms with Gasteiger partial charge in [0.2, 0.25) is 5.91 Å². The number of carbonyl (C=O) groups excluding carboxylic acids is 1. The predicted octanol–water partition coefficient (Wildman–Crippen LogP) is 2.04. The molecule has 1 atom stereocenters. The molecule has 1 aromatic heterocycles. The summed E-state index contributed by atoms with van der Waals surface area (Å²) in [6.07, 6.45) is 1.69. The van der Waals surface area contributed by atoms with Crippen LogP contribution in [0.3, 0.4) is 0 Å². The third-order valence-electron chi connectivity index (χ3n) is 2.36. The van der Waals surface area contributed by atoms with Crippen molar-refractivity contribution in [3.8, 4) is 0 Å². The van der Waals surface area contributed by atoms with Gasteiger partial charge in [-0.3, -0.25) is 4.79 Å². The predicted molar refractivity (Wildman–Crippen MR) is 49.1 cm³/mol. The molecule has 0 N–H and O–H groups in total. The van der Waals surface area contributed by atoms with Crippen LogP contribution in [0.1, 0.15) is 23.8 Å². The molecule has 3 heteroatoms. The van der Waals surface area contributed by atoms with E-state index < -0.39 is 0 Å². The van der Waals surface area contributed by atoms with Gasteiger partial charge in [0.15, 0.2) is 0 Å². The molecule has 0 bridgehead atoms. The molecule has 1 aliphatic rings. The van der Waals surface area contributed by atoms with Gasteiger partial charge < -0.3 is 4.90 Å².